The van der Waals surface area contributed by atoms with E-state index in [0.717, 1.165) is 25.9 Å². The number of nitrogens with zero attached hydrogens (tertiary/aromatic N) is 2. The van der Waals surface area contributed by atoms with Gasteiger partial charge >= 0.3 is 0 Å². The highest BCUT2D eigenvalue weighted by atomic mass is 16.6. The molecule has 0 bridgehead atoms. The number of piperidine rings is 1. The van der Waals surface area contributed by atoms with Crippen molar-refractivity contribution >= 4 is 5.91 Å². The molecule has 1 amide bonds. The number of ether oxygens (including phenoxy) is 2. The molecule has 1 aromatic rings. The van der Waals surface area contributed by atoms with Crippen molar-refractivity contribution in [3.63, 3.8) is 0 Å². The van der Waals surface area contributed by atoms with E-state index >= 15 is 0 Å². The van der Waals surface area contributed by atoms with E-state index in [1.54, 1.807) is 6.92 Å². The molecule has 1 aromatic heterocycles. The molecular weight excluding hydrogens is 272 g/mol. The maximum Gasteiger partial charge on any atom is 0.259 e. The van der Waals surface area contributed by atoms with Gasteiger partial charge in [-0.3, -0.25) is 4.79 Å². The van der Waals surface area contributed by atoms with E-state index in [2.05, 4.69) is 5.16 Å². The highest BCUT2D eigenvalue weighted by molar-refractivity contribution is 5.94. The Kier molecular flexibility index (Phi) is 3.99. The third-order valence-electron chi connectivity index (χ3n) is 4.52. The second-order valence-electron chi connectivity index (χ2n) is 5.86. The first-order valence-corrected chi connectivity index (χ1v) is 7.60. The molecule has 0 aromatic carbocycles. The summed E-state index contributed by atoms with van der Waals surface area (Å²) in [4.78, 5) is 14.3. The summed E-state index contributed by atoms with van der Waals surface area (Å²) in [6.45, 7) is 6.59. The summed E-state index contributed by atoms with van der Waals surface area (Å²) in [5.74, 6) is 0.580. The van der Waals surface area contributed by atoms with Crippen molar-refractivity contribution in [2.24, 2.45) is 0 Å². The number of hydrogen-bond donors (Lipinski definition) is 0. The number of carbonyl (C=O) groups is 1. The molecule has 1 unspecified atom stereocenters. The van der Waals surface area contributed by atoms with Gasteiger partial charge in [0.05, 0.1) is 24.5 Å². The molecule has 0 N–H and O–H groups in total. The Morgan fingerprint density at radius 2 is 2.29 bits per heavy atom. The Morgan fingerprint density at radius 3 is 2.90 bits per heavy atom. The predicted molar refractivity (Wildman–Crippen MR) is 75.1 cm³/mol. The largest absolute Gasteiger partial charge is 0.376 e. The number of amides is 1. The van der Waals surface area contributed by atoms with Gasteiger partial charge in [0.1, 0.15) is 11.3 Å². The van der Waals surface area contributed by atoms with Gasteiger partial charge in [0.15, 0.2) is 0 Å². The molecule has 1 spiro atoms. The SMILES string of the molecule is CCOC1COC2(CCN(C(=O)c3cnoc3C)CC2)C1. The lowest BCUT2D eigenvalue weighted by molar-refractivity contribution is -0.0407. The molecule has 1 atom stereocenters. The van der Waals surface area contributed by atoms with Gasteiger partial charge in [0, 0.05) is 26.1 Å². The summed E-state index contributed by atoms with van der Waals surface area (Å²) in [7, 11) is 0. The smallest absolute Gasteiger partial charge is 0.259 e. The van der Waals surface area contributed by atoms with Crippen LogP contribution in [0.15, 0.2) is 10.7 Å². The minimum Gasteiger partial charge on any atom is -0.376 e. The van der Waals surface area contributed by atoms with Crippen molar-refractivity contribution in [1.29, 1.82) is 0 Å². The van der Waals surface area contributed by atoms with E-state index in [9.17, 15) is 4.79 Å². The molecular formula is C15H22N2O4. The zero-order valence-electron chi connectivity index (χ0n) is 12.6. The van der Waals surface area contributed by atoms with E-state index in [1.807, 2.05) is 11.8 Å². The average Bonchev–Trinajstić information content (AvgIpc) is 3.07. The van der Waals surface area contributed by atoms with Gasteiger partial charge in [0.25, 0.3) is 5.91 Å². The van der Waals surface area contributed by atoms with E-state index in [4.69, 9.17) is 14.0 Å². The van der Waals surface area contributed by atoms with Crippen LogP contribution in [0.1, 0.15) is 42.3 Å². The number of aryl methyl sites for hydroxylation is 1. The zero-order valence-corrected chi connectivity index (χ0v) is 12.6. The quantitative estimate of drug-likeness (QED) is 0.850. The van der Waals surface area contributed by atoms with E-state index in [-0.39, 0.29) is 17.6 Å². The van der Waals surface area contributed by atoms with Crippen LogP contribution in [-0.2, 0) is 9.47 Å². The third kappa shape index (κ3) is 2.82. The second-order valence-corrected chi connectivity index (χ2v) is 5.86. The molecule has 2 saturated heterocycles. The Morgan fingerprint density at radius 1 is 1.52 bits per heavy atom. The van der Waals surface area contributed by atoms with Gasteiger partial charge in [0.2, 0.25) is 0 Å². The molecule has 2 aliphatic heterocycles. The van der Waals surface area contributed by atoms with Crippen LogP contribution < -0.4 is 0 Å². The van der Waals surface area contributed by atoms with E-state index < -0.39 is 0 Å². The Balaban J connectivity index is 1.58. The highest BCUT2D eigenvalue weighted by Gasteiger charge is 2.44. The topological polar surface area (TPSA) is 64.8 Å². The number of aromatic nitrogens is 1. The molecule has 0 radical (unpaired) electrons. The lowest BCUT2D eigenvalue weighted by Gasteiger charge is -2.38. The monoisotopic (exact) mass is 294 g/mol. The summed E-state index contributed by atoms with van der Waals surface area (Å²) in [5.41, 5.74) is 0.464. The maximum absolute atomic E-state index is 12.4. The molecule has 3 rings (SSSR count). The summed E-state index contributed by atoms with van der Waals surface area (Å²) in [5, 5.41) is 3.68. The molecule has 6 nitrogen and oxygen atoms in total. The van der Waals surface area contributed by atoms with Crippen LogP contribution in [0.2, 0.25) is 0 Å². The lowest BCUT2D eigenvalue weighted by Crippen LogP contribution is -2.46. The highest BCUT2D eigenvalue weighted by Crippen LogP contribution is 2.37. The van der Waals surface area contributed by atoms with Crippen molar-refractivity contribution in [2.45, 2.75) is 44.8 Å². The van der Waals surface area contributed by atoms with Crippen molar-refractivity contribution < 1.29 is 18.8 Å². The zero-order chi connectivity index (χ0) is 14.9. The fourth-order valence-corrected chi connectivity index (χ4v) is 3.29. The van der Waals surface area contributed by atoms with Crippen molar-refractivity contribution in [2.75, 3.05) is 26.3 Å². The first kappa shape index (κ1) is 14.5. The number of rotatable bonds is 3. The van der Waals surface area contributed by atoms with E-state index in [0.29, 0.717) is 31.0 Å². The van der Waals surface area contributed by atoms with Gasteiger partial charge in [-0.15, -0.1) is 0 Å². The van der Waals surface area contributed by atoms with Crippen LogP contribution in [0.4, 0.5) is 0 Å². The number of hydrogen-bond acceptors (Lipinski definition) is 5. The van der Waals surface area contributed by atoms with Crippen LogP contribution in [0.25, 0.3) is 0 Å². The number of likely N-dealkylation sites (tertiary alicyclic amines) is 1. The van der Waals surface area contributed by atoms with Gasteiger partial charge < -0.3 is 18.9 Å². The second kappa shape index (κ2) is 5.77. The first-order chi connectivity index (χ1) is 10.1. The summed E-state index contributed by atoms with van der Waals surface area (Å²) >= 11 is 0. The number of carbonyl (C=O) groups excluding carboxylic acids is 1. The van der Waals surface area contributed by atoms with Gasteiger partial charge in [-0.2, -0.15) is 0 Å². The lowest BCUT2D eigenvalue weighted by atomic mass is 9.87. The van der Waals surface area contributed by atoms with Gasteiger partial charge in [-0.25, -0.2) is 0 Å². The van der Waals surface area contributed by atoms with Crippen molar-refractivity contribution in [3.8, 4) is 0 Å². The van der Waals surface area contributed by atoms with Crippen LogP contribution in [-0.4, -0.2) is 54.0 Å². The molecule has 0 aliphatic carbocycles. The van der Waals surface area contributed by atoms with Crippen molar-refractivity contribution in [1.82, 2.24) is 10.1 Å². The Bertz CT molecular complexity index is 506. The first-order valence-electron chi connectivity index (χ1n) is 7.60. The van der Waals surface area contributed by atoms with Crippen molar-refractivity contribution in [3.05, 3.63) is 17.5 Å². The minimum atomic E-state index is -0.0969. The molecule has 0 saturated carbocycles. The van der Waals surface area contributed by atoms with E-state index in [1.165, 1.54) is 6.20 Å². The molecule has 3 heterocycles. The van der Waals surface area contributed by atoms with Crippen LogP contribution in [0, 0.1) is 6.92 Å². The third-order valence-corrected chi connectivity index (χ3v) is 4.52. The fourth-order valence-electron chi connectivity index (χ4n) is 3.29. The van der Waals surface area contributed by atoms with Crippen LogP contribution >= 0.6 is 0 Å². The molecule has 6 heteroatoms. The van der Waals surface area contributed by atoms with Crippen LogP contribution in [0.5, 0.6) is 0 Å². The summed E-state index contributed by atoms with van der Waals surface area (Å²) < 4.78 is 16.6. The maximum atomic E-state index is 12.4. The average molecular weight is 294 g/mol. The molecule has 2 aliphatic rings. The van der Waals surface area contributed by atoms with Gasteiger partial charge in [-0.05, 0) is 26.7 Å². The summed E-state index contributed by atoms with van der Waals surface area (Å²) in [6, 6.07) is 0. The minimum absolute atomic E-state index is 0.00274. The normalized spacial score (nSPS) is 24.7. The fraction of sp³-hybridized carbons (Fsp3) is 0.733. The standard InChI is InChI=1S/C15H22N2O4/c1-3-19-12-8-15(20-10-12)4-6-17(7-5-15)14(18)13-9-16-21-11(13)2/h9,12H,3-8,10H2,1-2H3. The molecule has 116 valence electrons. The van der Waals surface area contributed by atoms with Crippen LogP contribution in [0.3, 0.4) is 0 Å². The summed E-state index contributed by atoms with van der Waals surface area (Å²) in [6.07, 6.45) is 4.38. The Hall–Kier alpha value is -1.40. The molecule has 21 heavy (non-hydrogen) atoms. The Labute approximate surface area is 124 Å². The molecule has 2 fully saturated rings. The van der Waals surface area contributed by atoms with Gasteiger partial charge in [-0.1, -0.05) is 5.16 Å². The predicted octanol–water partition coefficient (Wildman–Crippen LogP) is 1.78.